The first-order valence-corrected chi connectivity index (χ1v) is 12.7. The lowest BCUT2D eigenvalue weighted by Crippen LogP contribution is -2.43. The van der Waals surface area contributed by atoms with Crippen LogP contribution in [-0.2, 0) is 12.8 Å². The Labute approximate surface area is 214 Å². The maximum Gasteiger partial charge on any atom is 0.256 e. The largest absolute Gasteiger partial charge is 0.367 e. The topological polar surface area (TPSA) is 104 Å². The lowest BCUT2D eigenvalue weighted by atomic mass is 10.1. The minimum absolute atomic E-state index is 0.0591. The second-order valence-corrected chi connectivity index (χ2v) is 9.44. The number of para-hydroxylation sites is 2. The lowest BCUT2D eigenvalue weighted by molar-refractivity contribution is 0.0961. The average molecular weight is 496 g/mol. The first-order chi connectivity index (χ1) is 18.1. The van der Waals surface area contributed by atoms with Crippen LogP contribution in [0.1, 0.15) is 27.9 Å². The van der Waals surface area contributed by atoms with E-state index in [1.54, 1.807) is 6.20 Å². The highest BCUT2D eigenvalue weighted by Crippen LogP contribution is 2.29. The number of carbonyl (C=O) groups is 1. The van der Waals surface area contributed by atoms with Gasteiger partial charge in [0.25, 0.3) is 5.91 Å². The van der Waals surface area contributed by atoms with Gasteiger partial charge in [0.15, 0.2) is 5.65 Å². The molecule has 4 aromatic rings. The number of rotatable bonds is 5. The standard InChI is InChI=1S/C28H29N7O2/c1-29-27(37)22-17-35(20-10-9-18-5-4-6-19(18)15-20)26-21(25(22)36)16-31-28(33-26)32-23-7-2-3-8-24(23)34-13-11-30-12-14-34/h2-3,7-10,15-17,30H,4-6,11-14H2,1H3,(H,29,37)(H,31,32,33). The molecule has 0 saturated carbocycles. The van der Waals surface area contributed by atoms with E-state index < -0.39 is 5.91 Å². The third-order valence-electron chi connectivity index (χ3n) is 7.18. The summed E-state index contributed by atoms with van der Waals surface area (Å²) in [6.45, 7) is 3.69. The third kappa shape index (κ3) is 4.31. The van der Waals surface area contributed by atoms with E-state index in [-0.39, 0.29) is 11.0 Å². The molecule has 0 atom stereocenters. The number of piperazine rings is 1. The molecule has 188 valence electrons. The Hall–Kier alpha value is -4.24. The van der Waals surface area contributed by atoms with Crippen LogP contribution in [-0.4, -0.2) is 53.7 Å². The molecule has 9 nitrogen and oxygen atoms in total. The van der Waals surface area contributed by atoms with Crippen LogP contribution in [0.15, 0.2) is 59.7 Å². The predicted molar refractivity (Wildman–Crippen MR) is 145 cm³/mol. The first-order valence-electron chi connectivity index (χ1n) is 12.7. The van der Waals surface area contributed by atoms with Crippen LogP contribution in [0.3, 0.4) is 0 Å². The Balaban J connectivity index is 1.47. The number of fused-ring (bicyclic) bond motifs is 2. The second-order valence-electron chi connectivity index (χ2n) is 9.44. The van der Waals surface area contributed by atoms with E-state index in [0.717, 1.165) is 62.5 Å². The van der Waals surface area contributed by atoms with Crippen LogP contribution in [0.5, 0.6) is 0 Å². The van der Waals surface area contributed by atoms with E-state index in [1.165, 1.54) is 24.4 Å². The summed E-state index contributed by atoms with van der Waals surface area (Å²) in [7, 11) is 1.52. The van der Waals surface area contributed by atoms with Crippen molar-refractivity contribution in [2.45, 2.75) is 19.3 Å². The zero-order chi connectivity index (χ0) is 25.4. The molecule has 0 radical (unpaired) electrons. The van der Waals surface area contributed by atoms with Gasteiger partial charge in [-0.05, 0) is 54.7 Å². The molecule has 2 aromatic heterocycles. The molecule has 3 N–H and O–H groups in total. The molecule has 2 aromatic carbocycles. The van der Waals surface area contributed by atoms with Gasteiger partial charge in [-0.3, -0.25) is 9.59 Å². The molecule has 1 amide bonds. The van der Waals surface area contributed by atoms with Gasteiger partial charge in [0.2, 0.25) is 11.4 Å². The molecule has 1 aliphatic heterocycles. The smallest absolute Gasteiger partial charge is 0.256 e. The normalized spacial score (nSPS) is 15.0. The summed E-state index contributed by atoms with van der Waals surface area (Å²) in [5.74, 6) is -0.0500. The molecule has 6 rings (SSSR count). The fraction of sp³-hybridized carbons (Fsp3) is 0.286. The number of anilines is 3. The quantitative estimate of drug-likeness (QED) is 0.391. The van der Waals surface area contributed by atoms with Crippen molar-refractivity contribution in [3.8, 4) is 5.69 Å². The molecule has 2 aliphatic rings. The van der Waals surface area contributed by atoms with Crippen molar-refractivity contribution < 1.29 is 4.79 Å². The maximum atomic E-state index is 13.2. The monoisotopic (exact) mass is 495 g/mol. The van der Waals surface area contributed by atoms with E-state index in [2.05, 4.69) is 44.0 Å². The lowest BCUT2D eigenvalue weighted by Gasteiger charge is -2.31. The SMILES string of the molecule is CNC(=O)c1cn(-c2ccc3c(c2)CCC3)c2nc(Nc3ccccc3N3CCNCC3)ncc2c1=O. The Kier molecular flexibility index (Phi) is 6.05. The predicted octanol–water partition coefficient (Wildman–Crippen LogP) is 2.78. The van der Waals surface area contributed by atoms with Gasteiger partial charge in [-0.2, -0.15) is 4.98 Å². The summed E-state index contributed by atoms with van der Waals surface area (Å²) in [6.07, 6.45) is 6.33. The minimum atomic E-state index is -0.436. The molecular weight excluding hydrogens is 466 g/mol. The number of pyridine rings is 1. The molecule has 0 bridgehead atoms. The van der Waals surface area contributed by atoms with Crippen LogP contribution in [0.2, 0.25) is 0 Å². The van der Waals surface area contributed by atoms with Crippen molar-refractivity contribution in [3.63, 3.8) is 0 Å². The zero-order valence-electron chi connectivity index (χ0n) is 20.8. The van der Waals surface area contributed by atoms with Gasteiger partial charge in [0.05, 0.1) is 16.8 Å². The molecule has 1 saturated heterocycles. The van der Waals surface area contributed by atoms with Crippen LogP contribution < -0.4 is 26.3 Å². The Bertz CT molecular complexity index is 1560. The van der Waals surface area contributed by atoms with E-state index >= 15 is 0 Å². The molecule has 3 heterocycles. The van der Waals surface area contributed by atoms with Gasteiger partial charge >= 0.3 is 0 Å². The highest BCUT2D eigenvalue weighted by Gasteiger charge is 2.20. The van der Waals surface area contributed by atoms with E-state index in [0.29, 0.717) is 17.0 Å². The molecule has 37 heavy (non-hydrogen) atoms. The fourth-order valence-electron chi connectivity index (χ4n) is 5.25. The van der Waals surface area contributed by atoms with Gasteiger partial charge in [0, 0.05) is 51.3 Å². The van der Waals surface area contributed by atoms with Crippen LogP contribution >= 0.6 is 0 Å². The van der Waals surface area contributed by atoms with Crippen molar-refractivity contribution in [1.82, 2.24) is 25.2 Å². The number of hydrogen-bond donors (Lipinski definition) is 3. The second kappa shape index (κ2) is 9.67. The van der Waals surface area contributed by atoms with Gasteiger partial charge < -0.3 is 25.4 Å². The van der Waals surface area contributed by atoms with Gasteiger partial charge in [-0.25, -0.2) is 4.98 Å². The number of hydrogen-bond acceptors (Lipinski definition) is 7. The first kappa shape index (κ1) is 23.2. The molecule has 0 unspecified atom stereocenters. The molecule has 1 fully saturated rings. The summed E-state index contributed by atoms with van der Waals surface area (Å²) in [6, 6.07) is 14.4. The number of nitrogens with zero attached hydrogens (tertiary/aromatic N) is 4. The van der Waals surface area contributed by atoms with Crippen molar-refractivity contribution in [2.75, 3.05) is 43.4 Å². The Morgan fingerprint density at radius 3 is 2.70 bits per heavy atom. The average Bonchev–Trinajstić information content (AvgIpc) is 3.42. The summed E-state index contributed by atoms with van der Waals surface area (Å²) >= 11 is 0. The molecular formula is C28H29N7O2. The number of amides is 1. The highest BCUT2D eigenvalue weighted by molar-refractivity contribution is 5.97. The van der Waals surface area contributed by atoms with E-state index in [9.17, 15) is 9.59 Å². The molecule has 1 aliphatic carbocycles. The highest BCUT2D eigenvalue weighted by atomic mass is 16.2. The van der Waals surface area contributed by atoms with Gasteiger partial charge in [-0.15, -0.1) is 0 Å². The number of benzene rings is 2. The van der Waals surface area contributed by atoms with Crippen molar-refractivity contribution in [2.24, 2.45) is 0 Å². The maximum absolute atomic E-state index is 13.2. The molecule has 0 spiro atoms. The summed E-state index contributed by atoms with van der Waals surface area (Å²) in [5.41, 5.74) is 5.61. The third-order valence-corrected chi connectivity index (χ3v) is 7.18. The number of aryl methyl sites for hydroxylation is 2. The van der Waals surface area contributed by atoms with E-state index in [4.69, 9.17) is 4.98 Å². The van der Waals surface area contributed by atoms with Crippen LogP contribution in [0.4, 0.5) is 17.3 Å². The number of aromatic nitrogens is 3. The van der Waals surface area contributed by atoms with Gasteiger partial charge in [-0.1, -0.05) is 18.2 Å². The minimum Gasteiger partial charge on any atom is -0.367 e. The zero-order valence-corrected chi connectivity index (χ0v) is 20.8. The summed E-state index contributed by atoms with van der Waals surface area (Å²) < 4.78 is 1.83. The molecule has 9 heteroatoms. The number of carbonyl (C=O) groups excluding carboxylic acids is 1. The number of nitrogens with one attached hydrogen (secondary N) is 3. The fourth-order valence-corrected chi connectivity index (χ4v) is 5.25. The summed E-state index contributed by atoms with van der Waals surface area (Å²) in [5, 5.41) is 9.62. The Morgan fingerprint density at radius 2 is 1.86 bits per heavy atom. The summed E-state index contributed by atoms with van der Waals surface area (Å²) in [4.78, 5) is 37.4. The van der Waals surface area contributed by atoms with Crippen molar-refractivity contribution in [1.29, 1.82) is 0 Å². The van der Waals surface area contributed by atoms with Crippen LogP contribution in [0, 0.1) is 0 Å². The van der Waals surface area contributed by atoms with E-state index in [1.807, 2.05) is 28.8 Å². The Morgan fingerprint density at radius 1 is 1.05 bits per heavy atom. The van der Waals surface area contributed by atoms with Crippen LogP contribution in [0.25, 0.3) is 16.7 Å². The van der Waals surface area contributed by atoms with Crippen molar-refractivity contribution in [3.05, 3.63) is 81.8 Å². The van der Waals surface area contributed by atoms with Gasteiger partial charge in [0.1, 0.15) is 5.56 Å². The van der Waals surface area contributed by atoms with Crippen molar-refractivity contribution >= 4 is 34.3 Å².